The van der Waals surface area contributed by atoms with Crippen LogP contribution < -0.4 is 5.32 Å². The van der Waals surface area contributed by atoms with Crippen molar-refractivity contribution in [3.63, 3.8) is 0 Å². The second kappa shape index (κ2) is 8.82. The molecular weight excluding hydrogens is 302 g/mol. The van der Waals surface area contributed by atoms with Gasteiger partial charge in [-0.25, -0.2) is 0 Å². The van der Waals surface area contributed by atoms with Crippen LogP contribution in [0.1, 0.15) is 31.5 Å². The standard InChI is InChI=1S/C19H23N3O2/c1-3-16-8-4-5-10-18(16)21-19(24)11-13-22(15(2)23)14-17-9-6-7-12-20-17/h4-10,12H,3,11,13-14H2,1-2H3,(H,21,24). The first-order valence-corrected chi connectivity index (χ1v) is 8.13. The zero-order chi connectivity index (χ0) is 17.4. The molecule has 0 radical (unpaired) electrons. The maximum Gasteiger partial charge on any atom is 0.226 e. The lowest BCUT2D eigenvalue weighted by Gasteiger charge is -2.20. The highest BCUT2D eigenvalue weighted by Crippen LogP contribution is 2.15. The minimum Gasteiger partial charge on any atom is -0.337 e. The van der Waals surface area contributed by atoms with Crippen LogP contribution in [-0.2, 0) is 22.6 Å². The van der Waals surface area contributed by atoms with Crippen molar-refractivity contribution in [2.75, 3.05) is 11.9 Å². The average Bonchev–Trinajstić information content (AvgIpc) is 2.59. The highest BCUT2D eigenvalue weighted by atomic mass is 16.2. The van der Waals surface area contributed by atoms with Crippen LogP contribution in [0.4, 0.5) is 5.69 Å². The molecule has 0 aliphatic heterocycles. The number of hydrogen-bond acceptors (Lipinski definition) is 3. The molecule has 1 aromatic carbocycles. The topological polar surface area (TPSA) is 62.3 Å². The highest BCUT2D eigenvalue weighted by Gasteiger charge is 2.13. The number of hydrogen-bond donors (Lipinski definition) is 1. The number of carbonyl (C=O) groups excluding carboxylic acids is 2. The Morgan fingerprint density at radius 3 is 2.54 bits per heavy atom. The zero-order valence-electron chi connectivity index (χ0n) is 14.2. The fourth-order valence-electron chi connectivity index (χ4n) is 2.43. The molecule has 5 nitrogen and oxygen atoms in total. The van der Waals surface area contributed by atoms with E-state index in [4.69, 9.17) is 0 Å². The molecule has 126 valence electrons. The molecule has 0 bridgehead atoms. The number of pyridine rings is 1. The maximum atomic E-state index is 12.2. The van der Waals surface area contributed by atoms with Crippen molar-refractivity contribution in [1.82, 2.24) is 9.88 Å². The number of nitrogens with zero attached hydrogens (tertiary/aromatic N) is 2. The monoisotopic (exact) mass is 325 g/mol. The molecule has 2 amide bonds. The Labute approximate surface area is 142 Å². The third-order valence-corrected chi connectivity index (χ3v) is 3.81. The van der Waals surface area contributed by atoms with Gasteiger partial charge in [-0.2, -0.15) is 0 Å². The van der Waals surface area contributed by atoms with E-state index in [1.165, 1.54) is 6.92 Å². The summed E-state index contributed by atoms with van der Waals surface area (Å²) in [5.74, 6) is -0.161. The lowest BCUT2D eigenvalue weighted by molar-refractivity contribution is -0.130. The second-order valence-electron chi connectivity index (χ2n) is 5.57. The molecule has 2 rings (SSSR count). The van der Waals surface area contributed by atoms with Crippen molar-refractivity contribution in [1.29, 1.82) is 0 Å². The van der Waals surface area contributed by atoms with E-state index in [0.29, 0.717) is 13.1 Å². The molecule has 0 saturated heterocycles. The minimum absolute atomic E-state index is 0.0672. The third kappa shape index (κ3) is 5.19. The fraction of sp³-hybridized carbons (Fsp3) is 0.316. The van der Waals surface area contributed by atoms with E-state index < -0.39 is 0 Å². The van der Waals surface area contributed by atoms with E-state index in [-0.39, 0.29) is 18.2 Å². The smallest absolute Gasteiger partial charge is 0.226 e. The summed E-state index contributed by atoms with van der Waals surface area (Å²) in [6.45, 7) is 4.34. The number of para-hydroxylation sites is 1. The van der Waals surface area contributed by atoms with E-state index in [1.54, 1.807) is 11.1 Å². The summed E-state index contributed by atoms with van der Waals surface area (Å²) in [5, 5.41) is 2.93. The van der Waals surface area contributed by atoms with Gasteiger partial charge in [0, 0.05) is 31.8 Å². The van der Waals surface area contributed by atoms with Crippen LogP contribution in [0.15, 0.2) is 48.7 Å². The van der Waals surface area contributed by atoms with E-state index in [1.807, 2.05) is 42.5 Å². The Bertz CT molecular complexity index is 686. The summed E-state index contributed by atoms with van der Waals surface area (Å²) in [5.41, 5.74) is 2.75. The Kier molecular flexibility index (Phi) is 6.49. The summed E-state index contributed by atoms with van der Waals surface area (Å²) >= 11 is 0. The molecule has 0 fully saturated rings. The molecular formula is C19H23N3O2. The van der Waals surface area contributed by atoms with Crippen molar-refractivity contribution in [3.05, 3.63) is 59.9 Å². The van der Waals surface area contributed by atoms with Gasteiger partial charge >= 0.3 is 0 Å². The Balaban J connectivity index is 1.91. The van der Waals surface area contributed by atoms with Crippen LogP contribution in [-0.4, -0.2) is 28.2 Å². The van der Waals surface area contributed by atoms with Crippen LogP contribution in [0.25, 0.3) is 0 Å². The van der Waals surface area contributed by atoms with Gasteiger partial charge in [-0.3, -0.25) is 14.6 Å². The van der Waals surface area contributed by atoms with Gasteiger partial charge in [0.2, 0.25) is 11.8 Å². The van der Waals surface area contributed by atoms with Gasteiger partial charge in [0.15, 0.2) is 0 Å². The van der Waals surface area contributed by atoms with E-state index in [2.05, 4.69) is 17.2 Å². The number of rotatable bonds is 7. The summed E-state index contributed by atoms with van der Waals surface area (Å²) in [4.78, 5) is 29.8. The number of aromatic nitrogens is 1. The molecule has 24 heavy (non-hydrogen) atoms. The summed E-state index contributed by atoms with van der Waals surface area (Å²) in [6.07, 6.45) is 2.81. The van der Waals surface area contributed by atoms with Crippen molar-refractivity contribution in [3.8, 4) is 0 Å². The Morgan fingerprint density at radius 1 is 1.12 bits per heavy atom. The number of benzene rings is 1. The summed E-state index contributed by atoms with van der Waals surface area (Å²) in [7, 11) is 0. The molecule has 1 heterocycles. The Hall–Kier alpha value is -2.69. The second-order valence-corrected chi connectivity index (χ2v) is 5.57. The predicted molar refractivity (Wildman–Crippen MR) is 94.4 cm³/mol. The quantitative estimate of drug-likeness (QED) is 0.851. The number of anilines is 1. The van der Waals surface area contributed by atoms with Gasteiger partial charge in [-0.15, -0.1) is 0 Å². The van der Waals surface area contributed by atoms with Crippen LogP contribution in [0.5, 0.6) is 0 Å². The minimum atomic E-state index is -0.0943. The van der Waals surface area contributed by atoms with Crippen molar-refractivity contribution in [2.24, 2.45) is 0 Å². The van der Waals surface area contributed by atoms with E-state index in [0.717, 1.165) is 23.4 Å². The van der Waals surface area contributed by atoms with E-state index >= 15 is 0 Å². The van der Waals surface area contributed by atoms with Gasteiger partial charge in [0.05, 0.1) is 12.2 Å². The van der Waals surface area contributed by atoms with Crippen molar-refractivity contribution < 1.29 is 9.59 Å². The van der Waals surface area contributed by atoms with Crippen LogP contribution in [0.3, 0.4) is 0 Å². The zero-order valence-corrected chi connectivity index (χ0v) is 14.2. The van der Waals surface area contributed by atoms with Gasteiger partial charge < -0.3 is 10.2 Å². The molecule has 0 saturated carbocycles. The molecule has 5 heteroatoms. The van der Waals surface area contributed by atoms with Crippen LogP contribution in [0, 0.1) is 0 Å². The molecule has 1 aromatic heterocycles. The van der Waals surface area contributed by atoms with Crippen LogP contribution in [0.2, 0.25) is 0 Å². The summed E-state index contributed by atoms with van der Waals surface area (Å²) < 4.78 is 0. The fourth-order valence-corrected chi connectivity index (χ4v) is 2.43. The van der Waals surface area contributed by atoms with E-state index in [9.17, 15) is 9.59 Å². The molecule has 1 N–H and O–H groups in total. The molecule has 0 unspecified atom stereocenters. The normalized spacial score (nSPS) is 10.2. The number of aryl methyl sites for hydroxylation is 1. The lowest BCUT2D eigenvalue weighted by Crippen LogP contribution is -2.32. The molecule has 0 spiro atoms. The molecule has 0 aliphatic carbocycles. The van der Waals surface area contributed by atoms with Crippen LogP contribution >= 0.6 is 0 Å². The molecule has 0 atom stereocenters. The number of nitrogens with one attached hydrogen (secondary N) is 1. The van der Waals surface area contributed by atoms with Gasteiger partial charge in [0.1, 0.15) is 0 Å². The SMILES string of the molecule is CCc1ccccc1NC(=O)CCN(Cc1ccccn1)C(C)=O. The molecule has 0 aliphatic rings. The third-order valence-electron chi connectivity index (χ3n) is 3.81. The van der Waals surface area contributed by atoms with Crippen molar-refractivity contribution in [2.45, 2.75) is 33.2 Å². The average molecular weight is 325 g/mol. The van der Waals surface area contributed by atoms with Gasteiger partial charge in [-0.05, 0) is 30.2 Å². The number of carbonyl (C=O) groups is 2. The number of amides is 2. The largest absolute Gasteiger partial charge is 0.337 e. The Morgan fingerprint density at radius 2 is 1.88 bits per heavy atom. The van der Waals surface area contributed by atoms with Gasteiger partial charge in [-0.1, -0.05) is 31.2 Å². The highest BCUT2D eigenvalue weighted by molar-refractivity contribution is 5.91. The first-order valence-electron chi connectivity index (χ1n) is 8.13. The van der Waals surface area contributed by atoms with Gasteiger partial charge in [0.25, 0.3) is 0 Å². The summed E-state index contributed by atoms with van der Waals surface area (Å²) in [6, 6.07) is 13.3. The lowest BCUT2D eigenvalue weighted by atomic mass is 10.1. The first kappa shape index (κ1) is 17.7. The molecule has 2 aromatic rings. The maximum absolute atomic E-state index is 12.2. The van der Waals surface area contributed by atoms with Crippen molar-refractivity contribution >= 4 is 17.5 Å². The first-order chi connectivity index (χ1) is 11.6. The predicted octanol–water partition coefficient (Wildman–Crippen LogP) is 3.02.